The SMILES string of the molecule is Cc1ccccc1NC(=O)CCN1C(=O)c2cccnc2Sc2ccccc21. The van der Waals surface area contributed by atoms with E-state index in [0.717, 1.165) is 21.8 Å². The Morgan fingerprint density at radius 1 is 1.07 bits per heavy atom. The Labute approximate surface area is 167 Å². The molecule has 1 aromatic heterocycles. The van der Waals surface area contributed by atoms with E-state index in [1.807, 2.05) is 55.5 Å². The number of benzene rings is 2. The van der Waals surface area contributed by atoms with Gasteiger partial charge in [-0.3, -0.25) is 9.59 Å². The number of hydrogen-bond donors (Lipinski definition) is 1. The van der Waals surface area contributed by atoms with Crippen molar-refractivity contribution >= 4 is 35.0 Å². The van der Waals surface area contributed by atoms with Crippen LogP contribution in [0.1, 0.15) is 22.3 Å². The van der Waals surface area contributed by atoms with E-state index in [9.17, 15) is 9.59 Å². The van der Waals surface area contributed by atoms with Gasteiger partial charge in [0.25, 0.3) is 5.91 Å². The maximum atomic E-state index is 13.2. The maximum absolute atomic E-state index is 13.2. The number of aryl methyl sites for hydroxylation is 1. The standard InChI is InChI=1S/C22H19N3O2S/c1-15-7-2-3-9-17(15)24-20(26)12-14-25-18-10-4-5-11-19(18)28-21-16(22(25)27)8-6-13-23-21/h2-11,13H,12,14H2,1H3,(H,24,26). The van der Waals surface area contributed by atoms with Crippen LogP contribution in [0, 0.1) is 6.92 Å². The number of carbonyl (C=O) groups is 2. The van der Waals surface area contributed by atoms with Crippen LogP contribution in [0.2, 0.25) is 0 Å². The van der Waals surface area contributed by atoms with Gasteiger partial charge in [0.2, 0.25) is 5.91 Å². The number of para-hydroxylation sites is 2. The number of nitrogens with one attached hydrogen (secondary N) is 1. The van der Waals surface area contributed by atoms with E-state index < -0.39 is 0 Å². The molecule has 4 rings (SSSR count). The van der Waals surface area contributed by atoms with E-state index >= 15 is 0 Å². The highest BCUT2D eigenvalue weighted by Gasteiger charge is 2.28. The Kier molecular flexibility index (Phi) is 5.12. The average molecular weight is 389 g/mol. The van der Waals surface area contributed by atoms with Crippen LogP contribution < -0.4 is 10.2 Å². The molecule has 1 aliphatic rings. The van der Waals surface area contributed by atoms with Crippen LogP contribution in [0.15, 0.2) is 76.8 Å². The van der Waals surface area contributed by atoms with E-state index in [4.69, 9.17) is 0 Å². The number of pyridine rings is 1. The zero-order valence-electron chi connectivity index (χ0n) is 15.4. The van der Waals surface area contributed by atoms with Gasteiger partial charge in [-0.15, -0.1) is 0 Å². The second kappa shape index (κ2) is 7.86. The monoisotopic (exact) mass is 389 g/mol. The fourth-order valence-corrected chi connectivity index (χ4v) is 4.14. The van der Waals surface area contributed by atoms with Gasteiger partial charge in [0.05, 0.1) is 11.3 Å². The van der Waals surface area contributed by atoms with Gasteiger partial charge in [0.1, 0.15) is 5.03 Å². The second-order valence-electron chi connectivity index (χ2n) is 6.50. The number of hydrogen-bond acceptors (Lipinski definition) is 4. The topological polar surface area (TPSA) is 62.3 Å². The summed E-state index contributed by atoms with van der Waals surface area (Å²) in [5, 5.41) is 3.62. The molecule has 2 amide bonds. The summed E-state index contributed by atoms with van der Waals surface area (Å²) in [6, 6.07) is 18.9. The molecular weight excluding hydrogens is 370 g/mol. The van der Waals surface area contributed by atoms with Gasteiger partial charge in [0.15, 0.2) is 0 Å². The Hall–Kier alpha value is -3.12. The van der Waals surface area contributed by atoms with Crippen LogP contribution in [0.25, 0.3) is 0 Å². The summed E-state index contributed by atoms with van der Waals surface area (Å²) in [6.45, 7) is 2.24. The molecule has 140 valence electrons. The lowest BCUT2D eigenvalue weighted by Gasteiger charge is -2.22. The molecule has 0 atom stereocenters. The van der Waals surface area contributed by atoms with Crippen LogP contribution in [-0.2, 0) is 4.79 Å². The van der Waals surface area contributed by atoms with Crippen molar-refractivity contribution in [2.45, 2.75) is 23.3 Å². The van der Waals surface area contributed by atoms with Gasteiger partial charge in [-0.05, 0) is 42.8 Å². The van der Waals surface area contributed by atoms with Crippen molar-refractivity contribution in [3.8, 4) is 0 Å². The number of amides is 2. The number of fused-ring (bicyclic) bond motifs is 2. The first-order chi connectivity index (χ1) is 13.6. The van der Waals surface area contributed by atoms with Crippen LogP contribution in [0.3, 0.4) is 0 Å². The summed E-state index contributed by atoms with van der Waals surface area (Å²) in [5.74, 6) is -0.257. The highest BCUT2D eigenvalue weighted by molar-refractivity contribution is 7.99. The van der Waals surface area contributed by atoms with Gasteiger partial charge in [0, 0.05) is 29.7 Å². The van der Waals surface area contributed by atoms with Gasteiger partial charge in [-0.25, -0.2) is 4.98 Å². The van der Waals surface area contributed by atoms with Gasteiger partial charge >= 0.3 is 0 Å². The van der Waals surface area contributed by atoms with E-state index in [-0.39, 0.29) is 18.2 Å². The lowest BCUT2D eigenvalue weighted by atomic mass is 10.2. The molecule has 6 heteroatoms. The molecule has 2 aromatic carbocycles. The van der Waals surface area contributed by atoms with Crippen LogP contribution in [0.4, 0.5) is 11.4 Å². The normalized spacial score (nSPS) is 12.8. The first kappa shape index (κ1) is 18.3. The molecule has 0 saturated heterocycles. The van der Waals surface area contributed by atoms with Crippen LogP contribution >= 0.6 is 11.8 Å². The molecule has 28 heavy (non-hydrogen) atoms. The number of anilines is 2. The lowest BCUT2D eigenvalue weighted by molar-refractivity contribution is -0.116. The molecule has 5 nitrogen and oxygen atoms in total. The van der Waals surface area contributed by atoms with Crippen LogP contribution in [-0.4, -0.2) is 23.3 Å². The molecule has 1 aliphatic heterocycles. The summed E-state index contributed by atoms with van der Waals surface area (Å²) in [5.41, 5.74) is 3.16. The predicted molar refractivity (Wildman–Crippen MR) is 111 cm³/mol. The van der Waals surface area contributed by atoms with E-state index in [2.05, 4.69) is 10.3 Å². The molecule has 0 radical (unpaired) electrons. The largest absolute Gasteiger partial charge is 0.326 e. The minimum atomic E-state index is -0.135. The lowest BCUT2D eigenvalue weighted by Crippen LogP contribution is -2.34. The van der Waals surface area contributed by atoms with Gasteiger partial charge in [-0.1, -0.05) is 42.1 Å². The molecular formula is C22H19N3O2S. The maximum Gasteiger partial charge on any atom is 0.261 e. The third-order valence-electron chi connectivity index (χ3n) is 4.59. The first-order valence-corrected chi connectivity index (χ1v) is 9.84. The highest BCUT2D eigenvalue weighted by Crippen LogP contribution is 2.40. The Balaban J connectivity index is 1.57. The van der Waals surface area contributed by atoms with E-state index in [1.54, 1.807) is 23.2 Å². The quantitative estimate of drug-likeness (QED) is 0.712. The predicted octanol–water partition coefficient (Wildman–Crippen LogP) is 4.53. The third-order valence-corrected chi connectivity index (χ3v) is 5.67. The zero-order valence-corrected chi connectivity index (χ0v) is 16.2. The Morgan fingerprint density at radius 2 is 1.86 bits per heavy atom. The van der Waals surface area contributed by atoms with Crippen molar-refractivity contribution in [1.82, 2.24) is 4.98 Å². The molecule has 2 heterocycles. The smallest absolute Gasteiger partial charge is 0.261 e. The molecule has 0 saturated carbocycles. The summed E-state index contributed by atoms with van der Waals surface area (Å²) in [4.78, 5) is 32.6. The van der Waals surface area contributed by atoms with Gasteiger partial charge < -0.3 is 10.2 Å². The number of aromatic nitrogens is 1. The molecule has 0 unspecified atom stereocenters. The molecule has 0 bridgehead atoms. The summed E-state index contributed by atoms with van der Waals surface area (Å²) < 4.78 is 0. The number of rotatable bonds is 4. The van der Waals surface area contributed by atoms with E-state index in [0.29, 0.717) is 17.1 Å². The zero-order chi connectivity index (χ0) is 19.5. The first-order valence-electron chi connectivity index (χ1n) is 9.03. The summed E-state index contributed by atoms with van der Waals surface area (Å²) in [7, 11) is 0. The number of carbonyl (C=O) groups excluding carboxylic acids is 2. The third kappa shape index (κ3) is 3.64. The Bertz CT molecular complexity index is 1050. The van der Waals surface area contributed by atoms with Gasteiger partial charge in [-0.2, -0.15) is 0 Å². The molecule has 3 aromatic rings. The van der Waals surface area contributed by atoms with Crippen molar-refractivity contribution in [1.29, 1.82) is 0 Å². The van der Waals surface area contributed by atoms with Crippen molar-refractivity contribution in [3.05, 3.63) is 78.0 Å². The summed E-state index contributed by atoms with van der Waals surface area (Å²) in [6.07, 6.45) is 1.89. The van der Waals surface area contributed by atoms with Crippen molar-refractivity contribution in [2.24, 2.45) is 0 Å². The van der Waals surface area contributed by atoms with Crippen molar-refractivity contribution in [2.75, 3.05) is 16.8 Å². The minimum Gasteiger partial charge on any atom is -0.326 e. The molecule has 1 N–H and O–H groups in total. The number of nitrogens with zero attached hydrogens (tertiary/aromatic N) is 2. The Morgan fingerprint density at radius 3 is 2.71 bits per heavy atom. The summed E-state index contributed by atoms with van der Waals surface area (Å²) >= 11 is 1.48. The van der Waals surface area contributed by atoms with Crippen LogP contribution in [0.5, 0.6) is 0 Å². The van der Waals surface area contributed by atoms with E-state index in [1.165, 1.54) is 11.8 Å². The second-order valence-corrected chi connectivity index (χ2v) is 7.53. The molecule has 0 fully saturated rings. The molecule has 0 aliphatic carbocycles. The highest BCUT2D eigenvalue weighted by atomic mass is 32.2. The fourth-order valence-electron chi connectivity index (χ4n) is 3.12. The minimum absolute atomic E-state index is 0.122. The van der Waals surface area contributed by atoms with Crippen molar-refractivity contribution in [3.63, 3.8) is 0 Å². The fraction of sp³-hybridized carbons (Fsp3) is 0.136. The molecule has 0 spiro atoms. The average Bonchev–Trinajstić information content (AvgIpc) is 2.82. The van der Waals surface area contributed by atoms with Crippen molar-refractivity contribution < 1.29 is 9.59 Å².